The maximum absolute atomic E-state index is 6.17. The van der Waals surface area contributed by atoms with Gasteiger partial charge in [0.25, 0.3) is 0 Å². The molecule has 0 aliphatic rings. The molecule has 4 nitrogen and oxygen atoms in total. The minimum atomic E-state index is 0.537. The number of benzene rings is 2. The number of rotatable bonds is 6. The zero-order valence-corrected chi connectivity index (χ0v) is 17.0. The molecule has 1 N–H and O–H groups in total. The van der Waals surface area contributed by atoms with Gasteiger partial charge >= 0.3 is 0 Å². The highest BCUT2D eigenvalue weighted by Gasteiger charge is 2.10. The number of hydrogen-bond donors (Lipinski definition) is 1. The molecule has 0 saturated heterocycles. The summed E-state index contributed by atoms with van der Waals surface area (Å²) in [6, 6.07) is 15.6. The molecule has 3 aromatic rings. The molecule has 1 heterocycles. The summed E-state index contributed by atoms with van der Waals surface area (Å²) in [6.45, 7) is 4.69. The van der Waals surface area contributed by atoms with E-state index in [0.717, 1.165) is 34.0 Å². The lowest BCUT2D eigenvalue weighted by Crippen LogP contribution is -2.07. The van der Waals surface area contributed by atoms with Gasteiger partial charge in [-0.05, 0) is 44.2 Å². The Morgan fingerprint density at radius 2 is 1.85 bits per heavy atom. The van der Waals surface area contributed by atoms with E-state index >= 15 is 0 Å². The Balaban J connectivity index is 1.76. The Hall–Kier alpha value is -2.43. The SMILES string of the molecule is COc1ccccc1CN/N=C/c1cc(C)n(-c2ccc(Cl)c(Cl)c2)c1C. The van der Waals surface area contributed by atoms with Crippen molar-refractivity contribution < 1.29 is 4.74 Å². The average molecular weight is 402 g/mol. The zero-order valence-electron chi connectivity index (χ0n) is 15.5. The molecule has 1 aromatic heterocycles. The fourth-order valence-electron chi connectivity index (χ4n) is 3.03. The van der Waals surface area contributed by atoms with E-state index in [1.807, 2.05) is 42.6 Å². The van der Waals surface area contributed by atoms with Crippen molar-refractivity contribution in [2.45, 2.75) is 20.4 Å². The average Bonchev–Trinajstić information content (AvgIpc) is 2.95. The maximum atomic E-state index is 6.17. The first-order chi connectivity index (χ1) is 13.0. The second-order valence-corrected chi connectivity index (χ2v) is 6.98. The van der Waals surface area contributed by atoms with Crippen LogP contribution in [-0.4, -0.2) is 17.9 Å². The molecule has 0 spiro atoms. The second kappa shape index (κ2) is 8.51. The molecule has 0 amide bonds. The fraction of sp³-hybridized carbons (Fsp3) is 0.190. The van der Waals surface area contributed by atoms with Crippen molar-refractivity contribution in [3.63, 3.8) is 0 Å². The Kier molecular flexibility index (Phi) is 6.09. The minimum Gasteiger partial charge on any atom is -0.496 e. The van der Waals surface area contributed by atoms with Crippen LogP contribution in [0, 0.1) is 13.8 Å². The molecule has 0 bridgehead atoms. The second-order valence-electron chi connectivity index (χ2n) is 6.17. The van der Waals surface area contributed by atoms with E-state index in [-0.39, 0.29) is 0 Å². The van der Waals surface area contributed by atoms with Gasteiger partial charge in [-0.1, -0.05) is 41.4 Å². The summed E-state index contributed by atoms with van der Waals surface area (Å²) >= 11 is 12.2. The van der Waals surface area contributed by atoms with Gasteiger partial charge in [-0.15, -0.1) is 0 Å². The molecular formula is C21H21Cl2N3O. The number of nitrogens with one attached hydrogen (secondary N) is 1. The smallest absolute Gasteiger partial charge is 0.123 e. The van der Waals surface area contributed by atoms with Crippen LogP contribution in [-0.2, 0) is 6.54 Å². The number of para-hydroxylation sites is 1. The fourth-order valence-corrected chi connectivity index (χ4v) is 3.33. The van der Waals surface area contributed by atoms with Crippen molar-refractivity contribution >= 4 is 29.4 Å². The summed E-state index contributed by atoms with van der Waals surface area (Å²) in [5, 5.41) is 5.45. The molecule has 6 heteroatoms. The van der Waals surface area contributed by atoms with Gasteiger partial charge in [0.15, 0.2) is 0 Å². The quantitative estimate of drug-likeness (QED) is 0.435. The number of aryl methyl sites for hydroxylation is 1. The molecular weight excluding hydrogens is 381 g/mol. The summed E-state index contributed by atoms with van der Waals surface area (Å²) in [6.07, 6.45) is 1.83. The third-order valence-electron chi connectivity index (χ3n) is 4.39. The number of hydrogen-bond acceptors (Lipinski definition) is 3. The molecule has 2 aromatic carbocycles. The van der Waals surface area contributed by atoms with Crippen LogP contribution in [0.25, 0.3) is 5.69 Å². The van der Waals surface area contributed by atoms with Crippen molar-refractivity contribution in [3.05, 3.63) is 81.1 Å². The van der Waals surface area contributed by atoms with Gasteiger partial charge in [0.2, 0.25) is 0 Å². The Labute approximate surface area is 169 Å². The zero-order chi connectivity index (χ0) is 19.4. The molecule has 0 unspecified atom stereocenters. The van der Waals surface area contributed by atoms with Gasteiger partial charge in [0, 0.05) is 28.2 Å². The summed E-state index contributed by atoms with van der Waals surface area (Å²) in [7, 11) is 1.67. The molecule has 0 fully saturated rings. The lowest BCUT2D eigenvalue weighted by atomic mass is 10.2. The summed E-state index contributed by atoms with van der Waals surface area (Å²) in [5.41, 5.74) is 8.31. The number of methoxy groups -OCH3 is 1. The van der Waals surface area contributed by atoms with Crippen LogP contribution in [0.3, 0.4) is 0 Å². The standard InChI is InChI=1S/C21H21Cl2N3O/c1-14-10-17(13-25-24-12-16-6-4-5-7-21(16)27-3)15(2)26(14)18-8-9-19(22)20(23)11-18/h4-11,13,24H,12H2,1-3H3/b25-13+. The molecule has 140 valence electrons. The van der Waals surface area contributed by atoms with E-state index < -0.39 is 0 Å². The van der Waals surface area contributed by atoms with E-state index in [0.29, 0.717) is 16.6 Å². The van der Waals surface area contributed by atoms with Gasteiger partial charge in [-0.3, -0.25) is 0 Å². The van der Waals surface area contributed by atoms with Gasteiger partial charge in [0.05, 0.1) is 29.9 Å². The van der Waals surface area contributed by atoms with Crippen molar-refractivity contribution in [2.75, 3.05) is 7.11 Å². The molecule has 3 rings (SSSR count). The molecule has 0 aliphatic heterocycles. The van der Waals surface area contributed by atoms with E-state index in [1.54, 1.807) is 13.2 Å². The topological polar surface area (TPSA) is 38.5 Å². The van der Waals surface area contributed by atoms with Crippen molar-refractivity contribution in [2.24, 2.45) is 5.10 Å². The van der Waals surface area contributed by atoms with Gasteiger partial charge in [-0.25, -0.2) is 0 Å². The number of hydrazone groups is 1. The third kappa shape index (κ3) is 4.29. The van der Waals surface area contributed by atoms with Crippen LogP contribution in [0.1, 0.15) is 22.5 Å². The van der Waals surface area contributed by atoms with Gasteiger partial charge in [0.1, 0.15) is 5.75 Å². The predicted molar refractivity (Wildman–Crippen MR) is 113 cm³/mol. The van der Waals surface area contributed by atoms with Crippen molar-refractivity contribution in [3.8, 4) is 11.4 Å². The van der Waals surface area contributed by atoms with Crippen molar-refractivity contribution in [1.29, 1.82) is 0 Å². The van der Waals surface area contributed by atoms with Crippen LogP contribution in [0.5, 0.6) is 5.75 Å². The highest BCUT2D eigenvalue weighted by atomic mass is 35.5. The molecule has 0 aliphatic carbocycles. The van der Waals surface area contributed by atoms with Crippen LogP contribution >= 0.6 is 23.2 Å². The Morgan fingerprint density at radius 1 is 1.07 bits per heavy atom. The van der Waals surface area contributed by atoms with E-state index in [9.17, 15) is 0 Å². The lowest BCUT2D eigenvalue weighted by Gasteiger charge is -2.10. The first-order valence-corrected chi connectivity index (χ1v) is 9.29. The molecule has 0 atom stereocenters. The molecule has 0 saturated carbocycles. The van der Waals surface area contributed by atoms with Gasteiger partial charge < -0.3 is 14.7 Å². The monoisotopic (exact) mass is 401 g/mol. The number of halogens is 2. The Morgan fingerprint density at radius 3 is 2.59 bits per heavy atom. The first-order valence-electron chi connectivity index (χ1n) is 8.53. The van der Waals surface area contributed by atoms with Crippen LogP contribution < -0.4 is 10.2 Å². The predicted octanol–water partition coefficient (Wildman–Crippen LogP) is 5.53. The number of nitrogens with zero attached hydrogens (tertiary/aromatic N) is 2. The molecule has 0 radical (unpaired) electrons. The number of ether oxygens (including phenoxy) is 1. The van der Waals surface area contributed by atoms with Gasteiger partial charge in [-0.2, -0.15) is 5.10 Å². The van der Waals surface area contributed by atoms with E-state index in [2.05, 4.69) is 35.0 Å². The highest BCUT2D eigenvalue weighted by molar-refractivity contribution is 6.42. The lowest BCUT2D eigenvalue weighted by molar-refractivity contribution is 0.408. The largest absolute Gasteiger partial charge is 0.496 e. The van der Waals surface area contributed by atoms with E-state index in [4.69, 9.17) is 27.9 Å². The highest BCUT2D eigenvalue weighted by Crippen LogP contribution is 2.27. The van der Waals surface area contributed by atoms with Crippen molar-refractivity contribution in [1.82, 2.24) is 9.99 Å². The van der Waals surface area contributed by atoms with Crippen LogP contribution in [0.4, 0.5) is 0 Å². The van der Waals surface area contributed by atoms with Crippen LogP contribution in [0.15, 0.2) is 53.6 Å². The normalized spacial score (nSPS) is 11.1. The van der Waals surface area contributed by atoms with E-state index in [1.165, 1.54) is 0 Å². The first kappa shape index (κ1) is 19.3. The molecule has 27 heavy (non-hydrogen) atoms. The van der Waals surface area contributed by atoms with Crippen LogP contribution in [0.2, 0.25) is 10.0 Å². The summed E-state index contributed by atoms with van der Waals surface area (Å²) in [4.78, 5) is 0. The number of aromatic nitrogens is 1. The summed E-state index contributed by atoms with van der Waals surface area (Å²) in [5.74, 6) is 0.845. The third-order valence-corrected chi connectivity index (χ3v) is 5.13. The summed E-state index contributed by atoms with van der Waals surface area (Å²) < 4.78 is 7.48. The maximum Gasteiger partial charge on any atom is 0.123 e. The Bertz CT molecular complexity index is 980. The minimum absolute atomic E-state index is 0.537.